The fraction of sp³-hybridized carbons (Fsp3) is 0.378. The van der Waals surface area contributed by atoms with E-state index in [1.54, 1.807) is 0 Å². The Morgan fingerprint density at radius 3 is 2.64 bits per heavy atom. The third kappa shape index (κ3) is 8.19. The summed E-state index contributed by atoms with van der Waals surface area (Å²) in [6, 6.07) is 20.0. The average molecular weight is 609 g/mol. The summed E-state index contributed by atoms with van der Waals surface area (Å²) in [5.41, 5.74) is 8.34. The van der Waals surface area contributed by atoms with Gasteiger partial charge in [-0.2, -0.15) is 5.10 Å². The number of aryl methyl sites for hydroxylation is 1. The summed E-state index contributed by atoms with van der Waals surface area (Å²) < 4.78 is 8.69. The summed E-state index contributed by atoms with van der Waals surface area (Å²) in [7, 11) is 6.33. The smallest absolute Gasteiger partial charge is 0.251 e. The number of fused-ring (bicyclic) bond motifs is 1. The highest BCUT2D eigenvalue weighted by atomic mass is 16.5. The number of likely N-dealkylation sites (N-methyl/N-ethyl adjacent to an activating group) is 1. The first-order valence-electron chi connectivity index (χ1n) is 15.9. The second-order valence-corrected chi connectivity index (χ2v) is 13.0. The van der Waals surface area contributed by atoms with E-state index in [0.29, 0.717) is 38.1 Å². The first kappa shape index (κ1) is 32.0. The lowest BCUT2D eigenvalue weighted by molar-refractivity contribution is -0.869. The van der Waals surface area contributed by atoms with Gasteiger partial charge in [0.2, 0.25) is 5.91 Å². The van der Waals surface area contributed by atoms with Crippen molar-refractivity contribution in [2.24, 2.45) is 0 Å². The van der Waals surface area contributed by atoms with Gasteiger partial charge in [0.05, 0.1) is 53.6 Å². The Hall–Kier alpha value is -4.43. The van der Waals surface area contributed by atoms with Gasteiger partial charge < -0.3 is 19.4 Å². The molecule has 1 aromatic heterocycles. The van der Waals surface area contributed by atoms with Gasteiger partial charge in [0.1, 0.15) is 5.75 Å². The van der Waals surface area contributed by atoms with E-state index in [4.69, 9.17) is 4.74 Å². The molecule has 236 valence electrons. The lowest BCUT2D eigenvalue weighted by Gasteiger charge is -2.31. The average Bonchev–Trinajstić information content (AvgIpc) is 3.48. The molecule has 1 aliphatic rings. The number of carbonyl (C=O) groups is 2. The molecular formula is C37H46N5O3+. The molecule has 2 heterocycles. The highest BCUT2D eigenvalue weighted by molar-refractivity contribution is 5.96. The number of hydrogen-bond donors (Lipinski definition) is 1. The third-order valence-electron chi connectivity index (χ3n) is 8.45. The number of nitrogens with zero attached hydrogens (tertiary/aromatic N) is 4. The van der Waals surface area contributed by atoms with Crippen molar-refractivity contribution in [2.75, 3.05) is 52.3 Å². The van der Waals surface area contributed by atoms with Crippen LogP contribution in [0.3, 0.4) is 0 Å². The Labute approximate surface area is 267 Å². The van der Waals surface area contributed by atoms with Crippen LogP contribution in [0.15, 0.2) is 73.1 Å². The molecule has 0 saturated carbocycles. The fourth-order valence-corrected chi connectivity index (χ4v) is 5.77. The standard InChI is InChI=1S/C37H45N5O3/c1-27-11-6-17-35(28(27)2)45-22-10-18-36(43)41-20-9-15-33-32(14-8-16-34(33)41)31-24-39-40(26-31)25-29-12-7-13-30(23-29)37(44)38-19-21-42(3,4)5/h6-8,11-14,16-17,23-24,26H,9-10,15,18-22,25H2,1-5H3/p+1. The largest absolute Gasteiger partial charge is 0.493 e. The van der Waals surface area contributed by atoms with Crippen LogP contribution in [0.1, 0.15) is 51.9 Å². The zero-order valence-corrected chi connectivity index (χ0v) is 27.3. The van der Waals surface area contributed by atoms with Gasteiger partial charge >= 0.3 is 0 Å². The molecule has 8 nitrogen and oxygen atoms in total. The van der Waals surface area contributed by atoms with E-state index in [0.717, 1.165) is 64.1 Å². The van der Waals surface area contributed by atoms with E-state index in [-0.39, 0.29) is 11.8 Å². The molecule has 0 atom stereocenters. The summed E-state index contributed by atoms with van der Waals surface area (Å²) in [6.07, 6.45) is 6.90. The number of nitrogens with one attached hydrogen (secondary N) is 1. The third-order valence-corrected chi connectivity index (χ3v) is 8.45. The van der Waals surface area contributed by atoms with E-state index < -0.39 is 0 Å². The molecule has 0 bridgehead atoms. The van der Waals surface area contributed by atoms with Gasteiger partial charge in [0.25, 0.3) is 5.91 Å². The maximum atomic E-state index is 13.4. The molecule has 1 N–H and O–H groups in total. The van der Waals surface area contributed by atoms with E-state index >= 15 is 0 Å². The number of rotatable bonds is 12. The SMILES string of the molecule is Cc1cccc(OCCCC(=O)N2CCCc3c(-c4cnn(Cc5cccc(C(=O)NCC[N+](C)(C)C)c5)c4)cccc32)c1C. The van der Waals surface area contributed by atoms with Gasteiger partial charge in [-0.05, 0) is 85.2 Å². The van der Waals surface area contributed by atoms with Gasteiger partial charge in [-0.3, -0.25) is 14.3 Å². The van der Waals surface area contributed by atoms with Crippen LogP contribution in [0.2, 0.25) is 0 Å². The quantitative estimate of drug-likeness (QED) is 0.163. The Morgan fingerprint density at radius 1 is 1.02 bits per heavy atom. The molecule has 4 aromatic rings. The van der Waals surface area contributed by atoms with E-state index in [2.05, 4.69) is 69.8 Å². The predicted molar refractivity (Wildman–Crippen MR) is 180 cm³/mol. The number of ether oxygens (including phenoxy) is 1. The van der Waals surface area contributed by atoms with E-state index in [1.165, 1.54) is 11.1 Å². The van der Waals surface area contributed by atoms with Crippen molar-refractivity contribution in [3.05, 3.63) is 101 Å². The zero-order chi connectivity index (χ0) is 32.0. The maximum Gasteiger partial charge on any atom is 0.251 e. The number of hydrogen-bond acceptors (Lipinski definition) is 4. The Kier molecular flexibility index (Phi) is 10.0. The molecule has 0 unspecified atom stereocenters. The van der Waals surface area contributed by atoms with Crippen LogP contribution >= 0.6 is 0 Å². The normalized spacial score (nSPS) is 13.0. The van der Waals surface area contributed by atoms with Crippen LogP contribution in [0.4, 0.5) is 5.69 Å². The number of anilines is 1. The molecule has 0 radical (unpaired) electrons. The molecule has 3 aromatic carbocycles. The fourth-order valence-electron chi connectivity index (χ4n) is 5.77. The Balaban J connectivity index is 1.22. The summed E-state index contributed by atoms with van der Waals surface area (Å²) in [5, 5.41) is 7.67. The van der Waals surface area contributed by atoms with E-state index in [9.17, 15) is 9.59 Å². The Morgan fingerprint density at radius 2 is 1.82 bits per heavy atom. The number of aromatic nitrogens is 2. The predicted octanol–water partition coefficient (Wildman–Crippen LogP) is 5.79. The molecule has 0 aliphatic carbocycles. The van der Waals surface area contributed by atoms with Crippen LogP contribution in [-0.4, -0.2) is 73.5 Å². The number of benzene rings is 3. The van der Waals surface area contributed by atoms with Crippen LogP contribution in [0.5, 0.6) is 5.75 Å². The molecule has 8 heteroatoms. The van der Waals surface area contributed by atoms with Crippen LogP contribution < -0.4 is 15.0 Å². The van der Waals surface area contributed by atoms with Crippen LogP contribution in [0, 0.1) is 13.8 Å². The van der Waals surface area contributed by atoms with Gasteiger partial charge in [-0.1, -0.05) is 36.4 Å². The molecule has 2 amide bonds. The number of amides is 2. The summed E-state index contributed by atoms with van der Waals surface area (Å²) >= 11 is 0. The molecule has 45 heavy (non-hydrogen) atoms. The minimum absolute atomic E-state index is 0.0598. The summed E-state index contributed by atoms with van der Waals surface area (Å²) in [6.45, 7) is 7.43. The second-order valence-electron chi connectivity index (χ2n) is 13.0. The van der Waals surface area contributed by atoms with E-state index in [1.807, 2.05) is 58.2 Å². The minimum atomic E-state index is -0.0598. The van der Waals surface area contributed by atoms with Crippen molar-refractivity contribution in [2.45, 2.75) is 46.1 Å². The monoisotopic (exact) mass is 608 g/mol. The molecule has 0 fully saturated rings. The van der Waals surface area contributed by atoms with Crippen molar-refractivity contribution in [3.8, 4) is 16.9 Å². The van der Waals surface area contributed by atoms with Crippen molar-refractivity contribution in [1.82, 2.24) is 15.1 Å². The van der Waals surface area contributed by atoms with Gasteiger partial charge in [0.15, 0.2) is 0 Å². The molecular weight excluding hydrogens is 562 g/mol. The lowest BCUT2D eigenvalue weighted by atomic mass is 9.93. The lowest BCUT2D eigenvalue weighted by Crippen LogP contribution is -2.41. The minimum Gasteiger partial charge on any atom is -0.493 e. The van der Waals surface area contributed by atoms with Crippen molar-refractivity contribution >= 4 is 17.5 Å². The summed E-state index contributed by atoms with van der Waals surface area (Å²) in [5.74, 6) is 0.963. The second kappa shape index (κ2) is 14.1. The van der Waals surface area contributed by atoms with Crippen molar-refractivity contribution in [1.29, 1.82) is 0 Å². The highest BCUT2D eigenvalue weighted by Crippen LogP contribution is 2.36. The molecule has 0 spiro atoms. The number of carbonyl (C=O) groups excluding carboxylic acids is 2. The first-order chi connectivity index (χ1) is 21.6. The summed E-state index contributed by atoms with van der Waals surface area (Å²) in [4.78, 5) is 28.0. The molecule has 5 rings (SSSR count). The first-order valence-corrected chi connectivity index (χ1v) is 15.9. The number of quaternary nitrogens is 1. The van der Waals surface area contributed by atoms with Gasteiger partial charge in [-0.25, -0.2) is 0 Å². The van der Waals surface area contributed by atoms with Crippen molar-refractivity contribution < 1.29 is 18.8 Å². The Bertz CT molecular complexity index is 1650. The highest BCUT2D eigenvalue weighted by Gasteiger charge is 2.25. The van der Waals surface area contributed by atoms with Gasteiger partial charge in [0, 0.05) is 36.0 Å². The van der Waals surface area contributed by atoms with Crippen LogP contribution in [-0.2, 0) is 17.8 Å². The van der Waals surface area contributed by atoms with Crippen LogP contribution in [0.25, 0.3) is 11.1 Å². The van der Waals surface area contributed by atoms with Gasteiger partial charge in [-0.15, -0.1) is 0 Å². The maximum absolute atomic E-state index is 13.4. The van der Waals surface area contributed by atoms with Crippen molar-refractivity contribution in [3.63, 3.8) is 0 Å². The molecule has 0 saturated heterocycles. The topological polar surface area (TPSA) is 76.5 Å². The molecule has 1 aliphatic heterocycles. The zero-order valence-electron chi connectivity index (χ0n) is 27.3.